The lowest BCUT2D eigenvalue weighted by Gasteiger charge is -2.48. The van der Waals surface area contributed by atoms with E-state index in [1.165, 1.54) is 37.7 Å². The molecule has 0 spiro atoms. The fourth-order valence-corrected chi connectivity index (χ4v) is 5.57. The molecule has 0 unspecified atom stereocenters. The molecular weight excluding hydrogens is 348 g/mol. The fraction of sp³-hybridized carbons (Fsp3) is 0.708. The third kappa shape index (κ3) is 4.71. The molecule has 0 bridgehead atoms. The molecule has 1 aromatic rings. The minimum atomic E-state index is 0.423. The van der Waals surface area contributed by atoms with Crippen LogP contribution in [0.15, 0.2) is 24.3 Å². The van der Waals surface area contributed by atoms with Gasteiger partial charge in [-0.15, -0.1) is 0 Å². The average molecular weight is 385 g/mol. The SMILES string of the molecule is CCOc1ccc(CN2CC[C@H]3[C@H](CCC(=O)N3CC3CCCCC3)C2)cc1. The maximum absolute atomic E-state index is 12.7. The summed E-state index contributed by atoms with van der Waals surface area (Å²) in [4.78, 5) is 17.6. The number of piperidine rings is 2. The number of nitrogens with zero attached hydrogens (tertiary/aromatic N) is 2. The highest BCUT2D eigenvalue weighted by molar-refractivity contribution is 5.77. The number of hydrogen-bond acceptors (Lipinski definition) is 3. The molecule has 28 heavy (non-hydrogen) atoms. The van der Waals surface area contributed by atoms with Gasteiger partial charge < -0.3 is 9.64 Å². The van der Waals surface area contributed by atoms with Crippen molar-refractivity contribution in [2.75, 3.05) is 26.2 Å². The van der Waals surface area contributed by atoms with Crippen LogP contribution in [-0.2, 0) is 11.3 Å². The molecule has 3 aliphatic rings. The van der Waals surface area contributed by atoms with E-state index >= 15 is 0 Å². The molecule has 154 valence electrons. The van der Waals surface area contributed by atoms with Crippen LogP contribution in [0.25, 0.3) is 0 Å². The fourth-order valence-electron chi connectivity index (χ4n) is 5.57. The van der Waals surface area contributed by atoms with Crippen LogP contribution in [0, 0.1) is 11.8 Å². The Labute approximate surface area is 170 Å². The van der Waals surface area contributed by atoms with Crippen LogP contribution in [0.2, 0.25) is 0 Å². The first-order valence-corrected chi connectivity index (χ1v) is 11.5. The van der Waals surface area contributed by atoms with Crippen molar-refractivity contribution in [2.45, 2.75) is 70.9 Å². The molecule has 3 fully saturated rings. The first-order chi connectivity index (χ1) is 13.7. The molecule has 1 aromatic carbocycles. The van der Waals surface area contributed by atoms with Crippen molar-refractivity contribution < 1.29 is 9.53 Å². The van der Waals surface area contributed by atoms with Crippen LogP contribution < -0.4 is 4.74 Å². The molecule has 4 nitrogen and oxygen atoms in total. The number of carbonyl (C=O) groups excluding carboxylic acids is 1. The largest absolute Gasteiger partial charge is 0.494 e. The smallest absolute Gasteiger partial charge is 0.222 e. The lowest BCUT2D eigenvalue weighted by Crippen LogP contribution is -2.56. The van der Waals surface area contributed by atoms with Gasteiger partial charge in [0, 0.05) is 38.6 Å². The van der Waals surface area contributed by atoms with E-state index < -0.39 is 0 Å². The Morgan fingerprint density at radius 1 is 1.04 bits per heavy atom. The van der Waals surface area contributed by atoms with Crippen LogP contribution in [0.1, 0.15) is 63.9 Å². The highest BCUT2D eigenvalue weighted by Gasteiger charge is 2.39. The Hall–Kier alpha value is -1.55. The van der Waals surface area contributed by atoms with Gasteiger partial charge in [-0.3, -0.25) is 9.69 Å². The van der Waals surface area contributed by atoms with E-state index in [1.807, 2.05) is 6.92 Å². The Morgan fingerprint density at radius 2 is 1.82 bits per heavy atom. The van der Waals surface area contributed by atoms with Crippen molar-refractivity contribution in [3.63, 3.8) is 0 Å². The normalized spacial score (nSPS) is 26.9. The number of likely N-dealkylation sites (tertiary alicyclic amines) is 2. The number of amides is 1. The van der Waals surface area contributed by atoms with Gasteiger partial charge in [0.05, 0.1) is 6.61 Å². The first-order valence-electron chi connectivity index (χ1n) is 11.5. The van der Waals surface area contributed by atoms with Gasteiger partial charge in [0.2, 0.25) is 5.91 Å². The van der Waals surface area contributed by atoms with Crippen LogP contribution >= 0.6 is 0 Å². The molecular formula is C24H36N2O2. The molecule has 2 saturated heterocycles. The summed E-state index contributed by atoms with van der Waals surface area (Å²) in [7, 11) is 0. The summed E-state index contributed by atoms with van der Waals surface area (Å²) in [6, 6.07) is 9.03. The van der Waals surface area contributed by atoms with Gasteiger partial charge in [-0.1, -0.05) is 31.4 Å². The Morgan fingerprint density at radius 3 is 2.57 bits per heavy atom. The van der Waals surface area contributed by atoms with Crippen molar-refractivity contribution in [1.29, 1.82) is 0 Å². The predicted octanol–water partition coefficient (Wildman–Crippen LogP) is 4.48. The van der Waals surface area contributed by atoms with Gasteiger partial charge in [0.15, 0.2) is 0 Å². The van der Waals surface area contributed by atoms with Crippen molar-refractivity contribution in [1.82, 2.24) is 9.80 Å². The van der Waals surface area contributed by atoms with Crippen LogP contribution in [0.5, 0.6) is 5.75 Å². The van der Waals surface area contributed by atoms with Crippen LogP contribution in [0.4, 0.5) is 0 Å². The van der Waals surface area contributed by atoms with E-state index in [2.05, 4.69) is 34.1 Å². The second-order valence-electron chi connectivity index (χ2n) is 9.02. The van der Waals surface area contributed by atoms with Gasteiger partial charge in [0.1, 0.15) is 5.75 Å². The summed E-state index contributed by atoms with van der Waals surface area (Å²) in [5.74, 6) is 2.77. The maximum Gasteiger partial charge on any atom is 0.222 e. The third-order valence-electron chi connectivity index (χ3n) is 7.05. The highest BCUT2D eigenvalue weighted by atomic mass is 16.5. The second-order valence-corrected chi connectivity index (χ2v) is 9.02. The molecule has 2 aliphatic heterocycles. The molecule has 0 aromatic heterocycles. The molecule has 4 heteroatoms. The second kappa shape index (κ2) is 9.30. The van der Waals surface area contributed by atoms with Crippen molar-refractivity contribution in [3.05, 3.63) is 29.8 Å². The molecule has 0 radical (unpaired) electrons. The van der Waals surface area contributed by atoms with E-state index in [-0.39, 0.29) is 0 Å². The average Bonchev–Trinajstić information content (AvgIpc) is 2.73. The van der Waals surface area contributed by atoms with Gasteiger partial charge in [-0.05, 0) is 62.1 Å². The summed E-state index contributed by atoms with van der Waals surface area (Å²) >= 11 is 0. The molecule has 0 N–H and O–H groups in total. The first kappa shape index (κ1) is 19.8. The molecule has 4 rings (SSSR count). The third-order valence-corrected chi connectivity index (χ3v) is 7.05. The lowest BCUT2D eigenvalue weighted by molar-refractivity contribution is -0.142. The Bertz CT molecular complexity index is 639. The van der Waals surface area contributed by atoms with Crippen molar-refractivity contribution in [3.8, 4) is 5.75 Å². The summed E-state index contributed by atoms with van der Waals surface area (Å²) in [5.41, 5.74) is 1.35. The molecule has 1 aliphatic carbocycles. The monoisotopic (exact) mass is 384 g/mol. The lowest BCUT2D eigenvalue weighted by atomic mass is 9.81. The summed E-state index contributed by atoms with van der Waals surface area (Å²) in [5, 5.41) is 0. The van der Waals surface area contributed by atoms with E-state index in [1.54, 1.807) is 0 Å². The molecule has 1 saturated carbocycles. The Balaban J connectivity index is 1.33. The Kier molecular flexibility index (Phi) is 6.56. The summed E-state index contributed by atoms with van der Waals surface area (Å²) in [6.07, 6.45) is 9.72. The van der Waals surface area contributed by atoms with Gasteiger partial charge in [-0.2, -0.15) is 0 Å². The highest BCUT2D eigenvalue weighted by Crippen LogP contribution is 2.34. The van der Waals surface area contributed by atoms with E-state index in [9.17, 15) is 4.79 Å². The minimum absolute atomic E-state index is 0.423. The molecule has 2 heterocycles. The van der Waals surface area contributed by atoms with E-state index in [0.717, 1.165) is 57.1 Å². The van der Waals surface area contributed by atoms with Gasteiger partial charge >= 0.3 is 0 Å². The zero-order valence-electron chi connectivity index (χ0n) is 17.4. The quantitative estimate of drug-likeness (QED) is 0.725. The van der Waals surface area contributed by atoms with Gasteiger partial charge in [0.25, 0.3) is 0 Å². The number of hydrogen-bond donors (Lipinski definition) is 0. The number of rotatable bonds is 6. The zero-order chi connectivity index (χ0) is 19.3. The number of fused-ring (bicyclic) bond motifs is 1. The predicted molar refractivity (Wildman–Crippen MR) is 112 cm³/mol. The number of benzene rings is 1. The van der Waals surface area contributed by atoms with E-state index in [4.69, 9.17) is 4.74 Å². The van der Waals surface area contributed by atoms with Crippen molar-refractivity contribution >= 4 is 5.91 Å². The van der Waals surface area contributed by atoms with Crippen LogP contribution in [-0.4, -0.2) is 48.0 Å². The van der Waals surface area contributed by atoms with Crippen molar-refractivity contribution in [2.24, 2.45) is 11.8 Å². The molecule has 1 amide bonds. The topological polar surface area (TPSA) is 32.8 Å². The summed E-state index contributed by atoms with van der Waals surface area (Å²) in [6.45, 7) is 7.00. The van der Waals surface area contributed by atoms with Gasteiger partial charge in [-0.25, -0.2) is 0 Å². The zero-order valence-corrected chi connectivity index (χ0v) is 17.4. The van der Waals surface area contributed by atoms with Crippen LogP contribution in [0.3, 0.4) is 0 Å². The molecule has 2 atom stereocenters. The maximum atomic E-state index is 12.7. The number of ether oxygens (including phenoxy) is 1. The minimum Gasteiger partial charge on any atom is -0.494 e. The summed E-state index contributed by atoms with van der Waals surface area (Å²) < 4.78 is 5.55. The number of carbonyl (C=O) groups is 1. The standard InChI is InChI=1S/C24H36N2O2/c1-2-28-22-11-8-20(9-12-22)16-25-15-14-23-21(18-25)10-13-24(27)26(23)17-19-6-4-3-5-7-19/h8-9,11-12,19,21,23H,2-7,10,13-18H2,1H3/t21-,23+/m1/s1. The van der Waals surface area contributed by atoms with E-state index in [0.29, 0.717) is 24.5 Å².